The van der Waals surface area contributed by atoms with E-state index in [1.54, 1.807) is 0 Å². The van der Waals surface area contributed by atoms with E-state index in [1.807, 2.05) is 13.8 Å². The maximum atomic E-state index is 11.7. The highest BCUT2D eigenvalue weighted by molar-refractivity contribution is 5.91. The molecule has 5 atom stereocenters. The molecule has 0 bridgehead atoms. The van der Waals surface area contributed by atoms with E-state index in [1.165, 1.54) is 18.4 Å². The van der Waals surface area contributed by atoms with E-state index < -0.39 is 0 Å². The third-order valence-electron chi connectivity index (χ3n) is 5.73. The number of unbranched alkanes of at least 4 members (excludes halogenated alkanes) is 1. The first kappa shape index (κ1) is 18.3. The summed E-state index contributed by atoms with van der Waals surface area (Å²) in [4.78, 5) is 11.7. The fourth-order valence-electron chi connectivity index (χ4n) is 4.43. The molecule has 2 fully saturated rings. The number of aliphatic hydroxyl groups excluding tert-OH is 1. The lowest BCUT2D eigenvalue weighted by atomic mass is 9.63. The third kappa shape index (κ3) is 3.71. The van der Waals surface area contributed by atoms with Crippen LogP contribution in [0.3, 0.4) is 0 Å². The molecule has 2 aliphatic carbocycles. The Labute approximate surface area is 140 Å². The van der Waals surface area contributed by atoms with Crippen LogP contribution in [0.2, 0.25) is 0 Å². The molecule has 0 radical (unpaired) electrons. The number of carbonyl (C=O) groups is 1. The lowest BCUT2D eigenvalue weighted by molar-refractivity contribution is -0.137. The zero-order chi connectivity index (χ0) is 17.0. The van der Waals surface area contributed by atoms with Gasteiger partial charge < -0.3 is 9.84 Å². The van der Waals surface area contributed by atoms with Gasteiger partial charge in [0, 0.05) is 18.1 Å². The van der Waals surface area contributed by atoms with Crippen molar-refractivity contribution in [2.75, 3.05) is 6.61 Å². The van der Waals surface area contributed by atoms with E-state index in [-0.39, 0.29) is 24.6 Å². The SMILES string of the molecule is C=C1C(=O)OC2C=C3C(CCCCO)CCC(C)C3CC12.CC. The molecule has 0 amide bonds. The van der Waals surface area contributed by atoms with Crippen molar-refractivity contribution in [3.63, 3.8) is 0 Å². The highest BCUT2D eigenvalue weighted by atomic mass is 16.5. The molecule has 5 unspecified atom stereocenters. The summed E-state index contributed by atoms with van der Waals surface area (Å²) in [6.07, 6.45) is 8.84. The Balaban J connectivity index is 0.000000924. The first-order valence-corrected chi connectivity index (χ1v) is 9.34. The molecule has 3 rings (SSSR count). The summed E-state index contributed by atoms with van der Waals surface area (Å²) in [6, 6.07) is 0. The van der Waals surface area contributed by atoms with Crippen molar-refractivity contribution in [1.82, 2.24) is 0 Å². The molecule has 1 heterocycles. The second-order valence-electron chi connectivity index (χ2n) is 6.98. The molecule has 3 heteroatoms. The van der Waals surface area contributed by atoms with Gasteiger partial charge in [0.1, 0.15) is 6.10 Å². The molecule has 1 saturated carbocycles. The summed E-state index contributed by atoms with van der Waals surface area (Å²) in [5.41, 5.74) is 2.19. The zero-order valence-corrected chi connectivity index (χ0v) is 14.9. The minimum Gasteiger partial charge on any atom is -0.454 e. The Bertz CT molecular complexity index is 466. The summed E-state index contributed by atoms with van der Waals surface area (Å²) in [7, 11) is 0. The van der Waals surface area contributed by atoms with Gasteiger partial charge >= 0.3 is 5.97 Å². The number of aliphatic hydroxyl groups is 1. The Morgan fingerprint density at radius 2 is 2.00 bits per heavy atom. The summed E-state index contributed by atoms with van der Waals surface area (Å²) in [5.74, 6) is 1.89. The van der Waals surface area contributed by atoms with Crippen LogP contribution in [0.5, 0.6) is 0 Å². The molecule has 1 saturated heterocycles. The predicted octanol–water partition coefficient (Wildman–Crippen LogP) is 4.27. The van der Waals surface area contributed by atoms with Crippen LogP contribution < -0.4 is 0 Å². The van der Waals surface area contributed by atoms with Gasteiger partial charge in [0.05, 0.1) is 0 Å². The summed E-state index contributed by atoms with van der Waals surface area (Å²) in [5, 5.41) is 8.97. The fraction of sp³-hybridized carbons (Fsp3) is 0.750. The summed E-state index contributed by atoms with van der Waals surface area (Å²) in [6.45, 7) is 10.6. The Morgan fingerprint density at radius 1 is 1.26 bits per heavy atom. The van der Waals surface area contributed by atoms with Gasteiger partial charge in [0.15, 0.2) is 0 Å². The number of ether oxygens (including phenoxy) is 1. The van der Waals surface area contributed by atoms with Gasteiger partial charge in [-0.2, -0.15) is 0 Å². The van der Waals surface area contributed by atoms with Crippen molar-refractivity contribution in [2.24, 2.45) is 23.7 Å². The van der Waals surface area contributed by atoms with Crippen LogP contribution in [0.1, 0.15) is 59.3 Å². The Kier molecular flexibility index (Phi) is 6.46. The normalized spacial score (nSPS) is 35.5. The van der Waals surface area contributed by atoms with E-state index in [2.05, 4.69) is 19.6 Å². The zero-order valence-electron chi connectivity index (χ0n) is 14.9. The van der Waals surface area contributed by atoms with Crippen LogP contribution in [0.4, 0.5) is 0 Å². The third-order valence-corrected chi connectivity index (χ3v) is 5.73. The van der Waals surface area contributed by atoms with Crippen LogP contribution in [0.15, 0.2) is 23.8 Å². The molecule has 0 spiro atoms. The standard InChI is InChI=1S/C18H26O3.C2H6/c1-11-6-7-13(5-3-4-8-19)16-10-17-15(9-14(11)16)12(2)18(20)21-17;1-2/h10-11,13-15,17,19H,2-9H2,1H3;1-2H3. The molecule has 0 aromatic carbocycles. The van der Waals surface area contributed by atoms with E-state index >= 15 is 0 Å². The lowest BCUT2D eigenvalue weighted by Gasteiger charge is -2.42. The van der Waals surface area contributed by atoms with Crippen LogP contribution >= 0.6 is 0 Å². The summed E-state index contributed by atoms with van der Waals surface area (Å²) < 4.78 is 5.48. The van der Waals surface area contributed by atoms with Gasteiger partial charge in [0.2, 0.25) is 0 Å². The number of carbonyl (C=O) groups excluding carboxylic acids is 1. The van der Waals surface area contributed by atoms with Crippen LogP contribution in [0, 0.1) is 23.7 Å². The topological polar surface area (TPSA) is 46.5 Å². The van der Waals surface area contributed by atoms with Crippen molar-refractivity contribution in [3.8, 4) is 0 Å². The first-order valence-electron chi connectivity index (χ1n) is 9.34. The van der Waals surface area contributed by atoms with E-state index in [0.29, 0.717) is 23.3 Å². The summed E-state index contributed by atoms with van der Waals surface area (Å²) >= 11 is 0. The fourth-order valence-corrected chi connectivity index (χ4v) is 4.43. The molecule has 1 aliphatic heterocycles. The highest BCUT2D eigenvalue weighted by Gasteiger charge is 2.46. The lowest BCUT2D eigenvalue weighted by Crippen LogP contribution is -2.35. The number of hydrogen-bond acceptors (Lipinski definition) is 3. The maximum absolute atomic E-state index is 11.7. The quantitative estimate of drug-likeness (QED) is 0.364. The first-order chi connectivity index (χ1) is 11.1. The average molecular weight is 320 g/mol. The molecular formula is C20H32O3. The smallest absolute Gasteiger partial charge is 0.334 e. The second-order valence-corrected chi connectivity index (χ2v) is 6.98. The number of esters is 1. The largest absolute Gasteiger partial charge is 0.454 e. The molecule has 3 aliphatic rings. The van der Waals surface area contributed by atoms with E-state index in [0.717, 1.165) is 25.7 Å². The number of allylic oxidation sites excluding steroid dienone is 1. The molecule has 130 valence electrons. The number of hydrogen-bond donors (Lipinski definition) is 1. The van der Waals surface area contributed by atoms with E-state index in [4.69, 9.17) is 9.84 Å². The number of rotatable bonds is 4. The van der Waals surface area contributed by atoms with Crippen molar-refractivity contribution >= 4 is 5.97 Å². The van der Waals surface area contributed by atoms with Gasteiger partial charge in [-0.25, -0.2) is 4.79 Å². The second kappa shape index (κ2) is 8.14. The van der Waals surface area contributed by atoms with Crippen molar-refractivity contribution in [3.05, 3.63) is 23.8 Å². The van der Waals surface area contributed by atoms with Crippen molar-refractivity contribution in [2.45, 2.75) is 65.4 Å². The molecule has 23 heavy (non-hydrogen) atoms. The van der Waals surface area contributed by atoms with Gasteiger partial charge in [-0.1, -0.05) is 39.3 Å². The van der Waals surface area contributed by atoms with Crippen LogP contribution in [-0.2, 0) is 9.53 Å². The predicted molar refractivity (Wildman–Crippen MR) is 92.9 cm³/mol. The van der Waals surface area contributed by atoms with Gasteiger partial charge in [0.25, 0.3) is 0 Å². The van der Waals surface area contributed by atoms with E-state index in [9.17, 15) is 4.79 Å². The highest BCUT2D eigenvalue weighted by Crippen LogP contribution is 2.50. The number of fused-ring (bicyclic) bond motifs is 2. The Hall–Kier alpha value is -1.09. The molecule has 0 aromatic heterocycles. The molecule has 1 N–H and O–H groups in total. The van der Waals surface area contributed by atoms with Gasteiger partial charge in [-0.3, -0.25) is 0 Å². The van der Waals surface area contributed by atoms with Gasteiger partial charge in [-0.15, -0.1) is 0 Å². The molecule has 3 nitrogen and oxygen atoms in total. The molecular weight excluding hydrogens is 288 g/mol. The van der Waals surface area contributed by atoms with Crippen molar-refractivity contribution < 1.29 is 14.6 Å². The monoisotopic (exact) mass is 320 g/mol. The minimum absolute atomic E-state index is 0.0677. The molecule has 0 aromatic rings. The average Bonchev–Trinajstić information content (AvgIpc) is 2.85. The van der Waals surface area contributed by atoms with Crippen LogP contribution in [-0.4, -0.2) is 23.8 Å². The minimum atomic E-state index is -0.204. The Morgan fingerprint density at radius 3 is 2.70 bits per heavy atom. The van der Waals surface area contributed by atoms with Gasteiger partial charge in [-0.05, 0) is 55.9 Å². The van der Waals surface area contributed by atoms with Crippen molar-refractivity contribution in [1.29, 1.82) is 0 Å². The maximum Gasteiger partial charge on any atom is 0.334 e. The van der Waals surface area contributed by atoms with Crippen LogP contribution in [0.25, 0.3) is 0 Å².